The number of pyridine rings is 1. The number of nitrogens with zero attached hydrogens (tertiary/aromatic N) is 1. The van der Waals surface area contributed by atoms with E-state index in [1.54, 1.807) is 41.7 Å². The third-order valence-electron chi connectivity index (χ3n) is 5.50. The number of ether oxygens (including phenoxy) is 2. The van der Waals surface area contributed by atoms with E-state index in [1.807, 2.05) is 12.1 Å². The second-order valence-electron chi connectivity index (χ2n) is 7.65. The second kappa shape index (κ2) is 9.89. The Balaban J connectivity index is 1.57. The first kappa shape index (κ1) is 23.2. The monoisotopic (exact) mass is 472 g/mol. The summed E-state index contributed by atoms with van der Waals surface area (Å²) in [5.74, 6) is 0.261. The summed E-state index contributed by atoms with van der Waals surface area (Å²) in [6.45, 7) is 5.73. The smallest absolute Gasteiger partial charge is 0.251 e. The molecule has 0 aliphatic carbocycles. The summed E-state index contributed by atoms with van der Waals surface area (Å²) < 4.78 is 11.6. The van der Waals surface area contributed by atoms with E-state index in [0.717, 1.165) is 16.5 Å². The first-order chi connectivity index (χ1) is 16.4. The predicted octanol–water partition coefficient (Wildman–Crippen LogP) is 5.54. The SMILES string of the molecule is C=Cc1cc(C(=O)CNC(=O)c2ccc(OC)c(OC)c2)nc(-c2csc3c(C)cccc23)c1. The van der Waals surface area contributed by atoms with E-state index in [9.17, 15) is 9.59 Å². The van der Waals surface area contributed by atoms with Gasteiger partial charge >= 0.3 is 0 Å². The number of benzene rings is 2. The maximum Gasteiger partial charge on any atom is 0.251 e. The van der Waals surface area contributed by atoms with Crippen molar-refractivity contribution in [3.63, 3.8) is 0 Å². The number of methoxy groups -OCH3 is 2. The van der Waals surface area contributed by atoms with Crippen LogP contribution in [-0.4, -0.2) is 37.4 Å². The van der Waals surface area contributed by atoms with E-state index in [-0.39, 0.29) is 18.0 Å². The van der Waals surface area contributed by atoms with E-state index in [4.69, 9.17) is 9.47 Å². The number of thiophene rings is 1. The molecule has 0 unspecified atom stereocenters. The van der Waals surface area contributed by atoms with Crippen LogP contribution in [-0.2, 0) is 0 Å². The van der Waals surface area contributed by atoms with Crippen molar-refractivity contribution in [1.29, 1.82) is 0 Å². The molecule has 0 aliphatic heterocycles. The van der Waals surface area contributed by atoms with Gasteiger partial charge in [-0.05, 0) is 48.4 Å². The summed E-state index contributed by atoms with van der Waals surface area (Å²) in [5.41, 5.74) is 4.28. The van der Waals surface area contributed by atoms with Crippen molar-refractivity contribution in [3.05, 3.63) is 82.9 Å². The largest absolute Gasteiger partial charge is 0.493 e. The Morgan fingerprint density at radius 3 is 2.62 bits per heavy atom. The van der Waals surface area contributed by atoms with E-state index in [0.29, 0.717) is 22.8 Å². The van der Waals surface area contributed by atoms with Crippen LogP contribution in [0.1, 0.15) is 32.0 Å². The Kier molecular flexibility index (Phi) is 6.75. The molecule has 0 spiro atoms. The number of hydrogen-bond acceptors (Lipinski definition) is 6. The quantitative estimate of drug-likeness (QED) is 0.341. The Labute approximate surface area is 201 Å². The summed E-state index contributed by atoms with van der Waals surface area (Å²) in [6.07, 6.45) is 1.68. The summed E-state index contributed by atoms with van der Waals surface area (Å²) in [6, 6.07) is 14.6. The number of amides is 1. The molecule has 0 atom stereocenters. The number of nitrogens with one attached hydrogen (secondary N) is 1. The number of ketones is 1. The zero-order valence-electron chi connectivity index (χ0n) is 19.2. The third kappa shape index (κ3) is 4.56. The molecule has 0 saturated heterocycles. The van der Waals surface area contributed by atoms with Crippen LogP contribution in [0.4, 0.5) is 0 Å². The molecule has 0 aliphatic rings. The number of aryl methyl sites for hydroxylation is 1. The van der Waals surface area contributed by atoms with E-state index >= 15 is 0 Å². The summed E-state index contributed by atoms with van der Waals surface area (Å²) >= 11 is 1.65. The molecular weight excluding hydrogens is 448 g/mol. The molecule has 0 fully saturated rings. The molecule has 0 radical (unpaired) electrons. The van der Waals surface area contributed by atoms with Gasteiger partial charge in [0, 0.05) is 26.6 Å². The average Bonchev–Trinajstić information content (AvgIpc) is 3.31. The van der Waals surface area contributed by atoms with Gasteiger partial charge in [0.1, 0.15) is 5.69 Å². The molecule has 4 rings (SSSR count). The number of rotatable bonds is 8. The van der Waals surface area contributed by atoms with Crippen molar-refractivity contribution in [2.24, 2.45) is 0 Å². The van der Waals surface area contributed by atoms with Crippen LogP contribution >= 0.6 is 11.3 Å². The minimum absolute atomic E-state index is 0.191. The lowest BCUT2D eigenvalue weighted by Gasteiger charge is -2.10. The molecule has 172 valence electrons. The minimum Gasteiger partial charge on any atom is -0.493 e. The highest BCUT2D eigenvalue weighted by atomic mass is 32.1. The van der Waals surface area contributed by atoms with Crippen LogP contribution < -0.4 is 14.8 Å². The fourth-order valence-electron chi connectivity index (χ4n) is 3.68. The number of Topliss-reactive ketones (excluding diaryl/α,β-unsaturated/α-hetero) is 1. The van der Waals surface area contributed by atoms with Gasteiger partial charge in [-0.3, -0.25) is 9.59 Å². The molecule has 2 heterocycles. The zero-order chi connectivity index (χ0) is 24.2. The lowest BCUT2D eigenvalue weighted by atomic mass is 10.0. The first-order valence-electron chi connectivity index (χ1n) is 10.6. The Bertz CT molecular complexity index is 1410. The van der Waals surface area contributed by atoms with Gasteiger partial charge in [-0.15, -0.1) is 11.3 Å². The van der Waals surface area contributed by atoms with Crippen LogP contribution in [0.3, 0.4) is 0 Å². The lowest BCUT2D eigenvalue weighted by molar-refractivity contribution is 0.0902. The topological polar surface area (TPSA) is 77.5 Å². The Morgan fingerprint density at radius 1 is 1.09 bits per heavy atom. The van der Waals surface area contributed by atoms with Crippen LogP contribution in [0, 0.1) is 6.92 Å². The van der Waals surface area contributed by atoms with Gasteiger partial charge in [0.15, 0.2) is 17.3 Å². The highest BCUT2D eigenvalue weighted by Crippen LogP contribution is 2.35. The van der Waals surface area contributed by atoms with Crippen molar-refractivity contribution < 1.29 is 19.1 Å². The summed E-state index contributed by atoms with van der Waals surface area (Å²) in [4.78, 5) is 30.2. The van der Waals surface area contributed by atoms with Gasteiger partial charge in [0.25, 0.3) is 5.91 Å². The maximum absolute atomic E-state index is 13.0. The molecule has 6 nitrogen and oxygen atoms in total. The maximum atomic E-state index is 13.0. The zero-order valence-corrected chi connectivity index (χ0v) is 20.0. The van der Waals surface area contributed by atoms with Crippen molar-refractivity contribution in [2.75, 3.05) is 20.8 Å². The molecule has 0 saturated carbocycles. The third-order valence-corrected chi connectivity index (χ3v) is 6.63. The molecule has 2 aromatic heterocycles. The van der Waals surface area contributed by atoms with Gasteiger partial charge in [-0.1, -0.05) is 30.9 Å². The Morgan fingerprint density at radius 2 is 1.88 bits per heavy atom. The molecule has 1 N–H and O–H groups in total. The van der Waals surface area contributed by atoms with Crippen molar-refractivity contribution in [2.45, 2.75) is 6.92 Å². The highest BCUT2D eigenvalue weighted by Gasteiger charge is 2.16. The number of carbonyl (C=O) groups excluding carboxylic acids is 2. The van der Waals surface area contributed by atoms with Gasteiger partial charge in [0.05, 0.1) is 26.5 Å². The van der Waals surface area contributed by atoms with Crippen molar-refractivity contribution in [1.82, 2.24) is 10.3 Å². The molecule has 1 amide bonds. The highest BCUT2D eigenvalue weighted by molar-refractivity contribution is 7.18. The standard InChI is InChI=1S/C27H24N2O4S/c1-5-17-11-21(20-15-34-26-16(2)7-6-8-19(20)26)29-22(12-17)23(30)14-28-27(31)18-9-10-24(32-3)25(13-18)33-4/h5-13,15H,1,14H2,2-4H3,(H,28,31). The normalized spacial score (nSPS) is 10.7. The molecule has 7 heteroatoms. The summed E-state index contributed by atoms with van der Waals surface area (Å²) in [5, 5.41) is 5.82. The van der Waals surface area contributed by atoms with E-state index < -0.39 is 5.91 Å². The molecule has 34 heavy (non-hydrogen) atoms. The second-order valence-corrected chi connectivity index (χ2v) is 8.53. The fraction of sp³-hybridized carbons (Fsp3) is 0.148. The van der Waals surface area contributed by atoms with Crippen molar-refractivity contribution >= 4 is 39.2 Å². The first-order valence-corrected chi connectivity index (χ1v) is 11.5. The minimum atomic E-state index is -0.395. The van der Waals surface area contributed by atoms with Crippen LogP contribution in [0.5, 0.6) is 11.5 Å². The predicted molar refractivity (Wildman–Crippen MR) is 136 cm³/mol. The molecule has 0 bridgehead atoms. The van der Waals surface area contributed by atoms with E-state index in [2.05, 4.69) is 41.3 Å². The van der Waals surface area contributed by atoms with Gasteiger partial charge in [-0.2, -0.15) is 0 Å². The summed E-state index contributed by atoms with van der Waals surface area (Å²) in [7, 11) is 3.02. The van der Waals surface area contributed by atoms with Crippen molar-refractivity contribution in [3.8, 4) is 22.8 Å². The average molecular weight is 473 g/mol. The molecule has 4 aromatic rings. The number of aromatic nitrogens is 1. The molecule has 2 aromatic carbocycles. The van der Waals surface area contributed by atoms with Crippen LogP contribution in [0.15, 0.2) is 60.5 Å². The Hall–Kier alpha value is -3.97. The number of fused-ring (bicyclic) bond motifs is 1. The number of carbonyl (C=O) groups is 2. The van der Waals surface area contributed by atoms with Gasteiger partial charge in [-0.25, -0.2) is 4.98 Å². The van der Waals surface area contributed by atoms with Gasteiger partial charge in [0.2, 0.25) is 0 Å². The lowest BCUT2D eigenvalue weighted by Crippen LogP contribution is -2.30. The van der Waals surface area contributed by atoms with Crippen LogP contribution in [0.25, 0.3) is 27.4 Å². The van der Waals surface area contributed by atoms with E-state index in [1.165, 1.54) is 24.5 Å². The fourth-order valence-corrected chi connectivity index (χ4v) is 4.72. The number of hydrogen-bond donors (Lipinski definition) is 1. The van der Waals surface area contributed by atoms with Gasteiger partial charge < -0.3 is 14.8 Å². The van der Waals surface area contributed by atoms with Crippen LogP contribution in [0.2, 0.25) is 0 Å². The molecular formula is C27H24N2O4S.